The Morgan fingerprint density at radius 3 is 2.64 bits per heavy atom. The SMILES string of the molecule is CCCCCN1C(=O)C2(COc3cc4c(cc32)OCO4)c2c(-c3cnc(OC)nc3OC)cccc21. The molecule has 0 radical (unpaired) electrons. The number of aromatic nitrogens is 2. The molecule has 1 atom stereocenters. The first kappa shape index (κ1) is 22.5. The maximum absolute atomic E-state index is 14.4. The molecule has 0 aliphatic carbocycles. The standard InChI is InChI=1S/C27H27N3O6/c1-4-5-6-10-30-19-9-7-8-16(17-13-28-26(33-3)29-24(17)32-2)23(19)27(25(30)31)14-34-20-12-22-21(11-18(20)27)35-15-36-22/h7-9,11-13H,4-6,10,14-15H2,1-3H3. The van der Waals surface area contributed by atoms with Gasteiger partial charge in [-0.15, -0.1) is 0 Å². The van der Waals surface area contributed by atoms with Crippen LogP contribution in [0.3, 0.4) is 0 Å². The molecule has 0 saturated heterocycles. The average molecular weight is 490 g/mol. The molecule has 1 unspecified atom stereocenters. The Kier molecular flexibility index (Phi) is 5.35. The van der Waals surface area contributed by atoms with Gasteiger partial charge in [0.1, 0.15) is 17.8 Å². The molecule has 9 heteroatoms. The van der Waals surface area contributed by atoms with E-state index in [9.17, 15) is 4.79 Å². The van der Waals surface area contributed by atoms with E-state index in [1.165, 1.54) is 7.11 Å². The molecule has 3 aliphatic rings. The van der Waals surface area contributed by atoms with Crippen LogP contribution in [0.4, 0.5) is 5.69 Å². The van der Waals surface area contributed by atoms with Gasteiger partial charge >= 0.3 is 6.01 Å². The topological polar surface area (TPSA) is 92.2 Å². The van der Waals surface area contributed by atoms with Crippen molar-refractivity contribution in [3.63, 3.8) is 0 Å². The third kappa shape index (κ3) is 3.11. The van der Waals surface area contributed by atoms with Crippen molar-refractivity contribution >= 4 is 11.6 Å². The van der Waals surface area contributed by atoms with Gasteiger partial charge < -0.3 is 28.6 Å². The lowest BCUT2D eigenvalue weighted by Gasteiger charge is -2.24. The molecule has 1 amide bonds. The quantitative estimate of drug-likeness (QED) is 0.458. The van der Waals surface area contributed by atoms with Crippen LogP contribution in [0.25, 0.3) is 11.1 Å². The van der Waals surface area contributed by atoms with Crippen LogP contribution in [-0.4, -0.2) is 50.0 Å². The molecule has 36 heavy (non-hydrogen) atoms. The highest BCUT2D eigenvalue weighted by atomic mass is 16.7. The molecule has 1 aromatic heterocycles. The number of hydrogen-bond donors (Lipinski definition) is 0. The van der Waals surface area contributed by atoms with Crippen LogP contribution in [0, 0.1) is 0 Å². The largest absolute Gasteiger partial charge is 0.491 e. The molecule has 3 aliphatic heterocycles. The lowest BCUT2D eigenvalue weighted by Crippen LogP contribution is -2.43. The van der Waals surface area contributed by atoms with Crippen LogP contribution < -0.4 is 28.6 Å². The lowest BCUT2D eigenvalue weighted by molar-refractivity contribution is -0.122. The number of unbranched alkanes of at least 4 members (excludes halogenated alkanes) is 2. The predicted octanol–water partition coefficient (Wildman–Crippen LogP) is 4.10. The Bertz CT molecular complexity index is 1360. The summed E-state index contributed by atoms with van der Waals surface area (Å²) in [6, 6.07) is 9.84. The molecule has 1 spiro atoms. The number of hydrogen-bond acceptors (Lipinski definition) is 8. The van der Waals surface area contributed by atoms with Gasteiger partial charge in [-0.2, -0.15) is 4.98 Å². The lowest BCUT2D eigenvalue weighted by atomic mass is 9.74. The maximum atomic E-state index is 14.4. The minimum Gasteiger partial charge on any atom is -0.491 e. The second kappa shape index (κ2) is 8.58. The van der Waals surface area contributed by atoms with Gasteiger partial charge in [-0.1, -0.05) is 31.9 Å². The first-order chi connectivity index (χ1) is 17.6. The molecule has 0 bridgehead atoms. The van der Waals surface area contributed by atoms with E-state index >= 15 is 0 Å². The fraction of sp³-hybridized carbons (Fsp3) is 0.370. The van der Waals surface area contributed by atoms with E-state index < -0.39 is 5.41 Å². The predicted molar refractivity (Wildman–Crippen MR) is 131 cm³/mol. The summed E-state index contributed by atoms with van der Waals surface area (Å²) in [5, 5.41) is 0. The highest BCUT2D eigenvalue weighted by molar-refractivity contribution is 6.13. The molecular weight excluding hydrogens is 462 g/mol. The Morgan fingerprint density at radius 2 is 1.86 bits per heavy atom. The highest BCUT2D eigenvalue weighted by Crippen LogP contribution is 2.57. The van der Waals surface area contributed by atoms with E-state index in [0.717, 1.165) is 41.6 Å². The molecule has 2 aromatic carbocycles. The second-order valence-corrected chi connectivity index (χ2v) is 9.04. The molecule has 0 saturated carbocycles. The molecule has 0 fully saturated rings. The fourth-order valence-corrected chi connectivity index (χ4v) is 5.44. The van der Waals surface area contributed by atoms with Crippen molar-refractivity contribution in [3.05, 3.63) is 47.7 Å². The first-order valence-corrected chi connectivity index (χ1v) is 12.1. The van der Waals surface area contributed by atoms with Crippen LogP contribution in [-0.2, 0) is 10.2 Å². The van der Waals surface area contributed by atoms with E-state index in [-0.39, 0.29) is 25.3 Å². The van der Waals surface area contributed by atoms with Crippen LogP contribution >= 0.6 is 0 Å². The molecule has 186 valence electrons. The van der Waals surface area contributed by atoms with Crippen molar-refractivity contribution in [2.45, 2.75) is 31.6 Å². The highest BCUT2D eigenvalue weighted by Gasteiger charge is 2.58. The number of anilines is 1. The van der Waals surface area contributed by atoms with Crippen LogP contribution in [0.2, 0.25) is 0 Å². The van der Waals surface area contributed by atoms with E-state index in [2.05, 4.69) is 16.9 Å². The summed E-state index contributed by atoms with van der Waals surface area (Å²) in [5.41, 5.74) is 2.94. The maximum Gasteiger partial charge on any atom is 0.319 e. The van der Waals surface area contributed by atoms with Gasteiger partial charge in [-0.25, -0.2) is 4.98 Å². The van der Waals surface area contributed by atoms with Crippen molar-refractivity contribution in [3.8, 4) is 40.3 Å². The molecule has 4 heterocycles. The number of fused-ring (bicyclic) bond motifs is 5. The van der Waals surface area contributed by atoms with E-state index in [1.807, 2.05) is 35.2 Å². The Hall–Kier alpha value is -4.01. The Balaban J connectivity index is 1.59. The number of carbonyl (C=O) groups is 1. The Morgan fingerprint density at radius 1 is 1.03 bits per heavy atom. The average Bonchev–Trinajstić information content (AvgIpc) is 3.59. The Labute approximate surface area is 208 Å². The van der Waals surface area contributed by atoms with Crippen LogP contribution in [0.5, 0.6) is 29.1 Å². The van der Waals surface area contributed by atoms with E-state index in [1.54, 1.807) is 13.3 Å². The van der Waals surface area contributed by atoms with Gasteiger partial charge in [0.15, 0.2) is 11.5 Å². The van der Waals surface area contributed by atoms with Crippen molar-refractivity contribution in [1.82, 2.24) is 9.97 Å². The number of rotatable bonds is 7. The van der Waals surface area contributed by atoms with Gasteiger partial charge in [0.25, 0.3) is 0 Å². The van der Waals surface area contributed by atoms with Gasteiger partial charge in [0, 0.05) is 35.6 Å². The first-order valence-electron chi connectivity index (χ1n) is 12.1. The van der Waals surface area contributed by atoms with E-state index in [0.29, 0.717) is 35.2 Å². The zero-order valence-electron chi connectivity index (χ0n) is 20.5. The summed E-state index contributed by atoms with van der Waals surface area (Å²) in [6.07, 6.45) is 4.69. The van der Waals surface area contributed by atoms with Crippen molar-refractivity contribution in [1.29, 1.82) is 0 Å². The summed E-state index contributed by atoms with van der Waals surface area (Å²) in [6.45, 7) is 3.10. The molecule has 0 N–H and O–H groups in total. The summed E-state index contributed by atoms with van der Waals surface area (Å²) < 4.78 is 28.2. The molecule has 3 aromatic rings. The van der Waals surface area contributed by atoms with Crippen molar-refractivity contribution in [2.24, 2.45) is 0 Å². The zero-order valence-corrected chi connectivity index (χ0v) is 20.5. The summed E-state index contributed by atoms with van der Waals surface area (Å²) in [7, 11) is 3.06. The summed E-state index contributed by atoms with van der Waals surface area (Å²) in [4.78, 5) is 25.0. The monoisotopic (exact) mass is 489 g/mol. The zero-order chi connectivity index (χ0) is 24.9. The minimum atomic E-state index is -1.04. The van der Waals surface area contributed by atoms with Crippen molar-refractivity contribution < 1.29 is 28.5 Å². The smallest absolute Gasteiger partial charge is 0.319 e. The van der Waals surface area contributed by atoms with Crippen LogP contribution in [0.1, 0.15) is 37.3 Å². The van der Waals surface area contributed by atoms with Gasteiger partial charge in [-0.3, -0.25) is 4.79 Å². The van der Waals surface area contributed by atoms with E-state index in [4.69, 9.17) is 23.7 Å². The number of amides is 1. The van der Waals surface area contributed by atoms with Crippen molar-refractivity contribution in [2.75, 3.05) is 39.1 Å². The summed E-state index contributed by atoms with van der Waals surface area (Å²) >= 11 is 0. The normalized spacial score (nSPS) is 18.9. The number of nitrogens with zero attached hydrogens (tertiary/aromatic N) is 3. The minimum absolute atomic E-state index is 0.00735. The summed E-state index contributed by atoms with van der Waals surface area (Å²) in [5.74, 6) is 2.22. The molecular formula is C27H27N3O6. The second-order valence-electron chi connectivity index (χ2n) is 9.04. The van der Waals surface area contributed by atoms with Crippen LogP contribution in [0.15, 0.2) is 36.5 Å². The number of ether oxygens (including phenoxy) is 5. The third-order valence-corrected chi connectivity index (χ3v) is 7.13. The number of benzene rings is 2. The third-order valence-electron chi connectivity index (χ3n) is 7.13. The van der Waals surface area contributed by atoms with Gasteiger partial charge in [0.2, 0.25) is 18.6 Å². The van der Waals surface area contributed by atoms with Gasteiger partial charge in [-0.05, 0) is 24.1 Å². The number of carbonyl (C=O) groups excluding carboxylic acids is 1. The molecule has 9 nitrogen and oxygen atoms in total. The number of methoxy groups -OCH3 is 2. The fourth-order valence-electron chi connectivity index (χ4n) is 5.44. The molecule has 6 rings (SSSR count). The van der Waals surface area contributed by atoms with Gasteiger partial charge in [0.05, 0.1) is 19.8 Å².